The van der Waals surface area contributed by atoms with E-state index in [1.165, 1.54) is 24.0 Å². The van der Waals surface area contributed by atoms with Crippen LogP contribution < -0.4 is 5.32 Å². The summed E-state index contributed by atoms with van der Waals surface area (Å²) in [5.41, 5.74) is 3.75. The van der Waals surface area contributed by atoms with Crippen LogP contribution >= 0.6 is 11.3 Å². The predicted molar refractivity (Wildman–Crippen MR) is 71.7 cm³/mol. The van der Waals surface area contributed by atoms with Crippen LogP contribution in [0.4, 0.5) is 5.69 Å². The molecule has 1 unspecified atom stereocenters. The molecule has 1 heterocycles. The molecule has 1 atom stereocenters. The van der Waals surface area contributed by atoms with Crippen LogP contribution in [0.15, 0.2) is 36.0 Å². The molecule has 1 aromatic carbocycles. The van der Waals surface area contributed by atoms with E-state index >= 15 is 0 Å². The Labute approximate surface area is 110 Å². The molecule has 0 saturated heterocycles. The van der Waals surface area contributed by atoms with Crippen molar-refractivity contribution >= 4 is 23.0 Å². The fourth-order valence-electron chi connectivity index (χ4n) is 1.55. The number of aromatic nitrogens is 1. The third-order valence-corrected chi connectivity index (χ3v) is 3.38. The molecular formula is C13H14N2O2S. The smallest absolute Gasteiger partial charge is 0.333 e. The van der Waals surface area contributed by atoms with Gasteiger partial charge < -0.3 is 10.1 Å². The fourth-order valence-corrected chi connectivity index (χ4v) is 2.21. The molecule has 1 N–H and O–H groups in total. The summed E-state index contributed by atoms with van der Waals surface area (Å²) < 4.78 is 4.81. The van der Waals surface area contributed by atoms with E-state index in [2.05, 4.69) is 10.3 Å². The summed E-state index contributed by atoms with van der Waals surface area (Å²) in [6, 6.07) is 7.34. The van der Waals surface area contributed by atoms with Gasteiger partial charge >= 0.3 is 5.97 Å². The molecular weight excluding hydrogens is 248 g/mol. The summed E-state index contributed by atoms with van der Waals surface area (Å²) in [5.74, 6) is -0.320. The maximum absolute atomic E-state index is 11.8. The number of nitrogens with one attached hydrogen (secondary N) is 1. The lowest BCUT2D eigenvalue weighted by Gasteiger charge is -2.16. The molecule has 0 bridgehead atoms. The molecule has 94 valence electrons. The molecule has 0 saturated carbocycles. The fraction of sp³-hybridized carbons (Fsp3) is 0.231. The van der Waals surface area contributed by atoms with Gasteiger partial charge in [-0.15, -0.1) is 11.3 Å². The van der Waals surface area contributed by atoms with Gasteiger partial charge in [0.15, 0.2) is 6.04 Å². The number of esters is 1. The van der Waals surface area contributed by atoms with Crippen LogP contribution in [0.3, 0.4) is 0 Å². The minimum atomic E-state index is -0.509. The summed E-state index contributed by atoms with van der Waals surface area (Å²) >= 11 is 1.42. The summed E-state index contributed by atoms with van der Waals surface area (Å²) in [5, 5.41) is 3.16. The summed E-state index contributed by atoms with van der Waals surface area (Å²) in [6.45, 7) is 2.02. The number of thiazole rings is 1. The number of methoxy groups -OCH3 is 1. The zero-order valence-electron chi connectivity index (χ0n) is 10.2. The summed E-state index contributed by atoms with van der Waals surface area (Å²) in [4.78, 5) is 16.6. The van der Waals surface area contributed by atoms with Crippen LogP contribution in [0.25, 0.3) is 0 Å². The van der Waals surface area contributed by atoms with Crippen molar-refractivity contribution in [3.05, 3.63) is 46.4 Å². The van der Waals surface area contributed by atoms with Gasteiger partial charge in [0.25, 0.3) is 0 Å². The molecule has 1 aromatic heterocycles. The van der Waals surface area contributed by atoms with E-state index in [1.54, 1.807) is 11.7 Å². The molecule has 0 spiro atoms. The highest BCUT2D eigenvalue weighted by Gasteiger charge is 2.22. The van der Waals surface area contributed by atoms with E-state index in [0.717, 1.165) is 10.6 Å². The summed E-state index contributed by atoms with van der Waals surface area (Å²) in [6.07, 6.45) is 1.67. The lowest BCUT2D eigenvalue weighted by molar-refractivity contribution is -0.141. The SMILES string of the molecule is COC(=O)C(Nc1ccc(C)cc1)c1cncs1. The Kier molecular flexibility index (Phi) is 3.94. The number of hydrogen-bond acceptors (Lipinski definition) is 5. The number of carbonyl (C=O) groups excluding carboxylic acids is 1. The molecule has 4 nitrogen and oxygen atoms in total. The first-order chi connectivity index (χ1) is 8.70. The molecule has 2 aromatic rings. The number of nitrogens with zero attached hydrogens (tertiary/aromatic N) is 1. The van der Waals surface area contributed by atoms with Gasteiger partial charge in [0.2, 0.25) is 0 Å². The van der Waals surface area contributed by atoms with Crippen LogP contribution in [-0.4, -0.2) is 18.1 Å². The van der Waals surface area contributed by atoms with Crippen molar-refractivity contribution in [2.24, 2.45) is 0 Å². The number of benzene rings is 1. The Bertz CT molecular complexity index is 508. The van der Waals surface area contributed by atoms with E-state index in [9.17, 15) is 4.79 Å². The van der Waals surface area contributed by atoms with E-state index in [-0.39, 0.29) is 5.97 Å². The van der Waals surface area contributed by atoms with Gasteiger partial charge in [-0.1, -0.05) is 17.7 Å². The lowest BCUT2D eigenvalue weighted by atomic mass is 10.2. The predicted octanol–water partition coefficient (Wildman–Crippen LogP) is 2.78. The number of aryl methyl sites for hydroxylation is 1. The highest BCUT2D eigenvalue weighted by Crippen LogP contribution is 2.23. The molecule has 18 heavy (non-hydrogen) atoms. The molecule has 0 aliphatic heterocycles. The monoisotopic (exact) mass is 262 g/mol. The van der Waals surface area contributed by atoms with Crippen LogP contribution in [0.5, 0.6) is 0 Å². The van der Waals surface area contributed by atoms with Crippen LogP contribution in [0, 0.1) is 6.92 Å². The second-order valence-electron chi connectivity index (χ2n) is 3.87. The molecule has 0 amide bonds. The van der Waals surface area contributed by atoms with Crippen molar-refractivity contribution in [1.29, 1.82) is 0 Å². The Morgan fingerprint density at radius 2 is 2.11 bits per heavy atom. The lowest BCUT2D eigenvalue weighted by Crippen LogP contribution is -2.21. The van der Waals surface area contributed by atoms with Gasteiger partial charge in [0.05, 0.1) is 17.5 Å². The van der Waals surface area contributed by atoms with Crippen molar-refractivity contribution < 1.29 is 9.53 Å². The average molecular weight is 262 g/mol. The number of hydrogen-bond donors (Lipinski definition) is 1. The third-order valence-electron chi connectivity index (χ3n) is 2.54. The van der Waals surface area contributed by atoms with E-state index in [1.807, 2.05) is 31.2 Å². The van der Waals surface area contributed by atoms with Gasteiger partial charge in [-0.2, -0.15) is 0 Å². The van der Waals surface area contributed by atoms with Gasteiger partial charge in [-0.05, 0) is 19.1 Å². The van der Waals surface area contributed by atoms with Crippen molar-refractivity contribution in [3.8, 4) is 0 Å². The van der Waals surface area contributed by atoms with Crippen molar-refractivity contribution in [2.75, 3.05) is 12.4 Å². The second-order valence-corrected chi connectivity index (χ2v) is 4.79. The van der Waals surface area contributed by atoms with Gasteiger partial charge in [0, 0.05) is 11.9 Å². The van der Waals surface area contributed by atoms with Gasteiger partial charge in [-0.25, -0.2) is 4.79 Å². The van der Waals surface area contributed by atoms with E-state index < -0.39 is 6.04 Å². The quantitative estimate of drug-likeness (QED) is 0.861. The maximum atomic E-state index is 11.8. The van der Waals surface area contributed by atoms with Crippen LogP contribution in [-0.2, 0) is 9.53 Å². The Morgan fingerprint density at radius 3 is 2.67 bits per heavy atom. The normalized spacial score (nSPS) is 11.9. The van der Waals surface area contributed by atoms with Gasteiger partial charge in [0.1, 0.15) is 0 Å². The average Bonchev–Trinajstić information content (AvgIpc) is 2.91. The largest absolute Gasteiger partial charge is 0.467 e. The Balaban J connectivity index is 2.20. The molecule has 2 rings (SSSR count). The minimum Gasteiger partial charge on any atom is -0.467 e. The molecule has 0 radical (unpaired) electrons. The highest BCUT2D eigenvalue weighted by atomic mass is 32.1. The zero-order chi connectivity index (χ0) is 13.0. The Hall–Kier alpha value is -1.88. The molecule has 0 fully saturated rings. The van der Waals surface area contributed by atoms with E-state index in [4.69, 9.17) is 4.74 Å². The first-order valence-corrected chi connectivity index (χ1v) is 6.38. The zero-order valence-corrected chi connectivity index (χ0v) is 11.0. The first-order valence-electron chi connectivity index (χ1n) is 5.50. The van der Waals surface area contributed by atoms with E-state index in [0.29, 0.717) is 0 Å². The maximum Gasteiger partial charge on any atom is 0.333 e. The van der Waals surface area contributed by atoms with Crippen molar-refractivity contribution in [2.45, 2.75) is 13.0 Å². The highest BCUT2D eigenvalue weighted by molar-refractivity contribution is 7.09. The minimum absolute atomic E-state index is 0.320. The standard InChI is InChI=1S/C13H14N2O2S/c1-9-3-5-10(6-4-9)15-12(13(16)17-2)11-7-14-8-18-11/h3-8,12,15H,1-2H3. The van der Waals surface area contributed by atoms with Gasteiger partial charge in [-0.3, -0.25) is 4.98 Å². The first kappa shape index (κ1) is 12.6. The number of rotatable bonds is 4. The van der Waals surface area contributed by atoms with Crippen LogP contribution in [0.1, 0.15) is 16.5 Å². The summed E-state index contributed by atoms with van der Waals surface area (Å²) in [7, 11) is 1.38. The topological polar surface area (TPSA) is 51.2 Å². The number of ether oxygens (including phenoxy) is 1. The number of carbonyl (C=O) groups is 1. The number of anilines is 1. The van der Waals surface area contributed by atoms with Crippen molar-refractivity contribution in [1.82, 2.24) is 4.98 Å². The van der Waals surface area contributed by atoms with Crippen molar-refractivity contribution in [3.63, 3.8) is 0 Å². The third kappa shape index (κ3) is 2.87. The second kappa shape index (κ2) is 5.64. The van der Waals surface area contributed by atoms with Crippen LogP contribution in [0.2, 0.25) is 0 Å². The molecule has 0 aliphatic carbocycles. The molecule has 0 aliphatic rings. The Morgan fingerprint density at radius 1 is 1.39 bits per heavy atom. The molecule has 5 heteroatoms.